The summed E-state index contributed by atoms with van der Waals surface area (Å²) in [6.45, 7) is 2.20. The smallest absolute Gasteiger partial charge is 0.220 e. The van der Waals surface area contributed by atoms with Crippen LogP contribution < -0.4 is 11.1 Å². The third kappa shape index (κ3) is 4.97. The maximum absolute atomic E-state index is 11.6. The monoisotopic (exact) mass is 226 g/mol. The van der Waals surface area contributed by atoms with Gasteiger partial charge in [0.05, 0.1) is 0 Å². The number of rotatable bonds is 7. The van der Waals surface area contributed by atoms with Gasteiger partial charge in [0.2, 0.25) is 5.91 Å². The Labute approximate surface area is 99.2 Å². The topological polar surface area (TPSA) is 55.1 Å². The molecule has 2 atom stereocenters. The molecule has 3 N–H and O–H groups in total. The third-order valence-electron chi connectivity index (χ3n) is 3.42. The fraction of sp³-hybridized carbons (Fsp3) is 0.923. The van der Waals surface area contributed by atoms with Gasteiger partial charge in [-0.15, -0.1) is 0 Å². The van der Waals surface area contributed by atoms with E-state index in [1.54, 1.807) is 0 Å². The van der Waals surface area contributed by atoms with Gasteiger partial charge in [0.15, 0.2) is 0 Å². The molecular formula is C13H26N2O. The zero-order valence-corrected chi connectivity index (χ0v) is 10.5. The Bertz CT molecular complexity index is 206. The van der Waals surface area contributed by atoms with E-state index in [2.05, 4.69) is 12.2 Å². The number of hydrogen-bond acceptors (Lipinski definition) is 2. The van der Waals surface area contributed by atoms with Crippen molar-refractivity contribution >= 4 is 5.91 Å². The summed E-state index contributed by atoms with van der Waals surface area (Å²) in [5.74, 6) is 0.193. The van der Waals surface area contributed by atoms with E-state index in [1.165, 1.54) is 25.7 Å². The van der Waals surface area contributed by atoms with Crippen molar-refractivity contribution in [3.05, 3.63) is 0 Å². The lowest BCUT2D eigenvalue weighted by Crippen LogP contribution is -2.43. The highest BCUT2D eigenvalue weighted by atomic mass is 16.1. The molecule has 1 rings (SSSR count). The summed E-state index contributed by atoms with van der Waals surface area (Å²) in [6, 6.07) is 0.423. The Morgan fingerprint density at radius 2 is 2.00 bits per heavy atom. The normalized spacial score (nSPS) is 24.6. The number of unbranched alkanes of at least 4 members (excludes halogenated alkanes) is 4. The second-order valence-electron chi connectivity index (χ2n) is 4.93. The molecule has 0 aromatic heterocycles. The zero-order chi connectivity index (χ0) is 11.8. The van der Waals surface area contributed by atoms with Crippen molar-refractivity contribution in [3.8, 4) is 0 Å². The SMILES string of the molecule is CCCCCCCC(=O)NC1CCCC1N. The van der Waals surface area contributed by atoms with Crippen molar-refractivity contribution in [1.82, 2.24) is 5.32 Å². The van der Waals surface area contributed by atoms with Crippen LogP contribution in [0.4, 0.5) is 0 Å². The summed E-state index contributed by atoms with van der Waals surface area (Å²) in [5, 5.41) is 3.06. The predicted molar refractivity (Wildman–Crippen MR) is 67.1 cm³/mol. The summed E-state index contributed by atoms with van der Waals surface area (Å²) in [6.07, 6.45) is 9.94. The summed E-state index contributed by atoms with van der Waals surface area (Å²) >= 11 is 0. The second kappa shape index (κ2) is 7.66. The third-order valence-corrected chi connectivity index (χ3v) is 3.42. The molecule has 0 aromatic carbocycles. The first kappa shape index (κ1) is 13.5. The Hall–Kier alpha value is -0.570. The summed E-state index contributed by atoms with van der Waals surface area (Å²) < 4.78 is 0. The van der Waals surface area contributed by atoms with Gasteiger partial charge in [-0.05, 0) is 25.7 Å². The first-order valence-corrected chi connectivity index (χ1v) is 6.79. The lowest BCUT2D eigenvalue weighted by Gasteiger charge is -2.17. The number of amides is 1. The molecule has 1 fully saturated rings. The molecule has 3 nitrogen and oxygen atoms in total. The molecular weight excluding hydrogens is 200 g/mol. The quantitative estimate of drug-likeness (QED) is 0.655. The van der Waals surface area contributed by atoms with E-state index >= 15 is 0 Å². The van der Waals surface area contributed by atoms with Crippen LogP contribution in [-0.4, -0.2) is 18.0 Å². The van der Waals surface area contributed by atoms with Gasteiger partial charge in [-0.25, -0.2) is 0 Å². The van der Waals surface area contributed by atoms with Crippen molar-refractivity contribution in [3.63, 3.8) is 0 Å². The van der Waals surface area contributed by atoms with E-state index in [9.17, 15) is 4.79 Å². The standard InChI is InChI=1S/C13H26N2O/c1-2-3-4-5-6-10-13(16)15-12-9-7-8-11(12)14/h11-12H,2-10,14H2,1H3,(H,15,16). The summed E-state index contributed by atoms with van der Waals surface area (Å²) in [5.41, 5.74) is 5.91. The number of nitrogens with two attached hydrogens (primary N) is 1. The average molecular weight is 226 g/mol. The predicted octanol–water partition coefficient (Wildman–Crippen LogP) is 2.34. The van der Waals surface area contributed by atoms with Gasteiger partial charge >= 0.3 is 0 Å². The van der Waals surface area contributed by atoms with Crippen molar-refractivity contribution < 1.29 is 4.79 Å². The van der Waals surface area contributed by atoms with Crippen LogP contribution in [0.1, 0.15) is 64.7 Å². The van der Waals surface area contributed by atoms with Gasteiger partial charge < -0.3 is 11.1 Å². The molecule has 0 saturated heterocycles. The largest absolute Gasteiger partial charge is 0.352 e. The Morgan fingerprint density at radius 1 is 1.25 bits per heavy atom. The summed E-state index contributed by atoms with van der Waals surface area (Å²) in [7, 11) is 0. The molecule has 0 bridgehead atoms. The van der Waals surface area contributed by atoms with Crippen molar-refractivity contribution in [2.75, 3.05) is 0 Å². The van der Waals surface area contributed by atoms with Crippen molar-refractivity contribution in [2.45, 2.75) is 76.8 Å². The molecule has 1 aliphatic carbocycles. The molecule has 1 amide bonds. The lowest BCUT2D eigenvalue weighted by atomic mass is 10.1. The van der Waals surface area contributed by atoms with Crippen molar-refractivity contribution in [2.24, 2.45) is 5.73 Å². The van der Waals surface area contributed by atoms with Crippen LogP contribution in [0.2, 0.25) is 0 Å². The van der Waals surface area contributed by atoms with Crippen LogP contribution in [0.15, 0.2) is 0 Å². The number of nitrogens with one attached hydrogen (secondary N) is 1. The van der Waals surface area contributed by atoms with Crippen LogP contribution in [0, 0.1) is 0 Å². The molecule has 0 spiro atoms. The minimum absolute atomic E-state index is 0.184. The van der Waals surface area contributed by atoms with E-state index in [0.29, 0.717) is 6.42 Å². The highest BCUT2D eigenvalue weighted by Crippen LogP contribution is 2.17. The van der Waals surface area contributed by atoms with E-state index in [4.69, 9.17) is 5.73 Å². The number of hydrogen-bond donors (Lipinski definition) is 2. The fourth-order valence-corrected chi connectivity index (χ4v) is 2.34. The molecule has 16 heavy (non-hydrogen) atoms. The number of carbonyl (C=O) groups excluding carboxylic acids is 1. The molecule has 1 aliphatic rings. The minimum atomic E-state index is 0.184. The van der Waals surface area contributed by atoms with Crippen LogP contribution in [0.3, 0.4) is 0 Å². The van der Waals surface area contributed by atoms with Gasteiger partial charge in [-0.3, -0.25) is 4.79 Å². The lowest BCUT2D eigenvalue weighted by molar-refractivity contribution is -0.122. The first-order valence-electron chi connectivity index (χ1n) is 6.79. The van der Waals surface area contributed by atoms with Crippen LogP contribution in [0.25, 0.3) is 0 Å². The Morgan fingerprint density at radius 3 is 2.62 bits per heavy atom. The van der Waals surface area contributed by atoms with E-state index in [0.717, 1.165) is 25.7 Å². The molecule has 2 unspecified atom stereocenters. The van der Waals surface area contributed by atoms with Gasteiger partial charge in [0.1, 0.15) is 0 Å². The van der Waals surface area contributed by atoms with Gasteiger partial charge in [0.25, 0.3) is 0 Å². The highest BCUT2D eigenvalue weighted by Gasteiger charge is 2.24. The van der Waals surface area contributed by atoms with E-state index in [1.807, 2.05) is 0 Å². The van der Waals surface area contributed by atoms with E-state index in [-0.39, 0.29) is 18.0 Å². The Balaban J connectivity index is 2.02. The molecule has 0 aliphatic heterocycles. The van der Waals surface area contributed by atoms with Crippen LogP contribution in [0.5, 0.6) is 0 Å². The highest BCUT2D eigenvalue weighted by molar-refractivity contribution is 5.76. The van der Waals surface area contributed by atoms with Crippen molar-refractivity contribution in [1.29, 1.82) is 0 Å². The van der Waals surface area contributed by atoms with Crippen LogP contribution >= 0.6 is 0 Å². The maximum atomic E-state index is 11.6. The Kier molecular flexibility index (Phi) is 6.46. The summed E-state index contributed by atoms with van der Waals surface area (Å²) in [4.78, 5) is 11.6. The molecule has 94 valence electrons. The molecule has 3 heteroatoms. The first-order chi connectivity index (χ1) is 7.74. The van der Waals surface area contributed by atoms with E-state index < -0.39 is 0 Å². The second-order valence-corrected chi connectivity index (χ2v) is 4.93. The van der Waals surface area contributed by atoms with Gasteiger partial charge in [0, 0.05) is 18.5 Å². The molecule has 0 radical (unpaired) electrons. The van der Waals surface area contributed by atoms with Gasteiger partial charge in [-0.2, -0.15) is 0 Å². The maximum Gasteiger partial charge on any atom is 0.220 e. The average Bonchev–Trinajstić information content (AvgIpc) is 2.64. The molecule has 1 saturated carbocycles. The fourth-order valence-electron chi connectivity index (χ4n) is 2.34. The van der Waals surface area contributed by atoms with Crippen LogP contribution in [-0.2, 0) is 4.79 Å². The minimum Gasteiger partial charge on any atom is -0.352 e. The number of carbonyl (C=O) groups is 1. The molecule has 0 aromatic rings. The zero-order valence-electron chi connectivity index (χ0n) is 10.5. The molecule has 0 heterocycles. The van der Waals surface area contributed by atoms with Gasteiger partial charge in [-0.1, -0.05) is 32.6 Å².